The summed E-state index contributed by atoms with van der Waals surface area (Å²) in [6, 6.07) is 8.12. The minimum Gasteiger partial charge on any atom is -0.485 e. The maximum Gasteiger partial charge on any atom is 0.321 e. The van der Waals surface area contributed by atoms with Crippen molar-refractivity contribution in [3.05, 3.63) is 47.4 Å². The van der Waals surface area contributed by atoms with E-state index in [9.17, 15) is 0 Å². The molecule has 1 N–H and O–H groups in total. The number of nitrogens with zero attached hydrogens (tertiary/aromatic N) is 4. The molecule has 0 atom stereocenters. The molecular formula is C16H19N5O3. The molecule has 8 nitrogen and oxygen atoms in total. The van der Waals surface area contributed by atoms with Crippen LogP contribution in [0.5, 0.6) is 5.75 Å². The molecule has 0 unspecified atom stereocenters. The summed E-state index contributed by atoms with van der Waals surface area (Å²) in [6.07, 6.45) is 0. The second-order valence-electron chi connectivity index (χ2n) is 5.63. The highest BCUT2D eigenvalue weighted by molar-refractivity contribution is 5.30. The van der Waals surface area contributed by atoms with Crippen LogP contribution in [0.2, 0.25) is 0 Å². The summed E-state index contributed by atoms with van der Waals surface area (Å²) in [5, 5.41) is 10.8. The normalized spacial score (nSPS) is 11.0. The number of ether oxygens (including phenoxy) is 1. The minimum absolute atomic E-state index is 0.240. The van der Waals surface area contributed by atoms with Crippen LogP contribution < -0.4 is 10.1 Å². The Morgan fingerprint density at radius 3 is 2.50 bits per heavy atom. The standard InChI is InChI=1S/C16H19N5O3/c1-10(2)15-19-16(24-21-15)17-8-12-4-6-13(7-5-12)22-9-14-18-11(3)23-20-14/h4-7,10H,8-9H2,1-3H3,(H,17,19,21). The number of hydrogen-bond acceptors (Lipinski definition) is 8. The molecular weight excluding hydrogens is 310 g/mol. The third-order valence-electron chi connectivity index (χ3n) is 3.26. The predicted molar refractivity (Wildman–Crippen MR) is 85.5 cm³/mol. The van der Waals surface area contributed by atoms with Crippen molar-refractivity contribution in [2.45, 2.75) is 39.8 Å². The molecule has 2 heterocycles. The first kappa shape index (κ1) is 16.0. The van der Waals surface area contributed by atoms with E-state index in [1.807, 2.05) is 38.1 Å². The van der Waals surface area contributed by atoms with Crippen LogP contribution in [-0.2, 0) is 13.2 Å². The maximum absolute atomic E-state index is 5.61. The van der Waals surface area contributed by atoms with Gasteiger partial charge in [0.05, 0.1) is 0 Å². The number of aryl methyl sites for hydroxylation is 1. The van der Waals surface area contributed by atoms with Crippen LogP contribution in [0.4, 0.5) is 6.01 Å². The van der Waals surface area contributed by atoms with E-state index in [1.165, 1.54) is 0 Å². The number of benzene rings is 1. The zero-order valence-corrected chi connectivity index (χ0v) is 13.8. The van der Waals surface area contributed by atoms with Crippen molar-refractivity contribution in [2.24, 2.45) is 0 Å². The van der Waals surface area contributed by atoms with Gasteiger partial charge < -0.3 is 19.1 Å². The Hall–Kier alpha value is -2.90. The van der Waals surface area contributed by atoms with E-state index >= 15 is 0 Å². The summed E-state index contributed by atoms with van der Waals surface area (Å²) < 4.78 is 15.6. The van der Waals surface area contributed by atoms with E-state index in [-0.39, 0.29) is 12.5 Å². The van der Waals surface area contributed by atoms with E-state index in [0.717, 1.165) is 11.3 Å². The Morgan fingerprint density at radius 1 is 1.08 bits per heavy atom. The highest BCUT2D eigenvalue weighted by atomic mass is 16.5. The summed E-state index contributed by atoms with van der Waals surface area (Å²) in [7, 11) is 0. The van der Waals surface area contributed by atoms with E-state index in [4.69, 9.17) is 13.8 Å². The molecule has 0 aliphatic rings. The number of nitrogens with one attached hydrogen (secondary N) is 1. The van der Waals surface area contributed by atoms with E-state index in [1.54, 1.807) is 6.92 Å². The number of rotatable bonds is 7. The zero-order valence-electron chi connectivity index (χ0n) is 13.8. The molecule has 2 aromatic heterocycles. The fourth-order valence-corrected chi connectivity index (χ4v) is 1.97. The molecule has 0 aliphatic carbocycles. The lowest BCUT2D eigenvalue weighted by Crippen LogP contribution is -2.01. The van der Waals surface area contributed by atoms with Crippen molar-refractivity contribution in [1.82, 2.24) is 20.3 Å². The lowest BCUT2D eigenvalue weighted by molar-refractivity contribution is 0.285. The van der Waals surface area contributed by atoms with Gasteiger partial charge in [-0.3, -0.25) is 0 Å². The third kappa shape index (κ3) is 4.09. The van der Waals surface area contributed by atoms with E-state index < -0.39 is 0 Å². The highest BCUT2D eigenvalue weighted by Gasteiger charge is 2.09. The van der Waals surface area contributed by atoms with Gasteiger partial charge in [0.2, 0.25) is 11.7 Å². The zero-order chi connectivity index (χ0) is 16.9. The van der Waals surface area contributed by atoms with Crippen molar-refractivity contribution >= 4 is 6.01 Å². The Bertz CT molecular complexity index is 779. The van der Waals surface area contributed by atoms with E-state index in [0.29, 0.717) is 30.1 Å². The van der Waals surface area contributed by atoms with Gasteiger partial charge in [-0.2, -0.15) is 9.97 Å². The molecule has 0 aliphatic heterocycles. The van der Waals surface area contributed by atoms with Crippen molar-refractivity contribution in [3.63, 3.8) is 0 Å². The van der Waals surface area contributed by atoms with Crippen LogP contribution in [0.25, 0.3) is 0 Å². The SMILES string of the molecule is Cc1nc(COc2ccc(CNc3nc(C(C)C)no3)cc2)no1. The molecule has 0 spiro atoms. The average Bonchev–Trinajstić information content (AvgIpc) is 3.21. The molecule has 8 heteroatoms. The molecule has 0 amide bonds. The molecule has 0 saturated heterocycles. The van der Waals surface area contributed by atoms with Gasteiger partial charge in [-0.15, -0.1) is 0 Å². The maximum atomic E-state index is 5.61. The van der Waals surface area contributed by atoms with E-state index in [2.05, 4.69) is 25.6 Å². The third-order valence-corrected chi connectivity index (χ3v) is 3.26. The lowest BCUT2D eigenvalue weighted by Gasteiger charge is -2.05. The van der Waals surface area contributed by atoms with Crippen molar-refractivity contribution in [3.8, 4) is 5.75 Å². The van der Waals surface area contributed by atoms with Gasteiger partial charge in [0.15, 0.2) is 12.4 Å². The summed E-state index contributed by atoms with van der Waals surface area (Å²) >= 11 is 0. The van der Waals surface area contributed by atoms with Gasteiger partial charge in [-0.05, 0) is 17.7 Å². The summed E-state index contributed by atoms with van der Waals surface area (Å²) in [5.41, 5.74) is 1.07. The molecule has 3 aromatic rings. The Balaban J connectivity index is 1.50. The predicted octanol–water partition coefficient (Wildman–Crippen LogP) is 3.08. The highest BCUT2D eigenvalue weighted by Crippen LogP contribution is 2.16. The first-order valence-corrected chi connectivity index (χ1v) is 7.68. The van der Waals surface area contributed by atoms with Gasteiger partial charge in [-0.1, -0.05) is 36.3 Å². The lowest BCUT2D eigenvalue weighted by atomic mass is 10.2. The average molecular weight is 329 g/mol. The summed E-state index contributed by atoms with van der Waals surface area (Å²) in [4.78, 5) is 8.36. The van der Waals surface area contributed by atoms with Crippen molar-refractivity contribution in [2.75, 3.05) is 5.32 Å². The van der Waals surface area contributed by atoms with Crippen LogP contribution in [0.1, 0.15) is 42.9 Å². The summed E-state index contributed by atoms with van der Waals surface area (Å²) in [6.45, 7) is 6.64. The first-order chi connectivity index (χ1) is 11.6. The van der Waals surface area contributed by atoms with Crippen LogP contribution >= 0.6 is 0 Å². The van der Waals surface area contributed by atoms with Gasteiger partial charge in [0, 0.05) is 19.4 Å². The van der Waals surface area contributed by atoms with Crippen LogP contribution in [-0.4, -0.2) is 20.3 Å². The van der Waals surface area contributed by atoms with Gasteiger partial charge >= 0.3 is 6.01 Å². The number of aromatic nitrogens is 4. The molecule has 0 bridgehead atoms. The largest absolute Gasteiger partial charge is 0.485 e. The quantitative estimate of drug-likeness (QED) is 0.706. The Kier molecular flexibility index (Phi) is 4.74. The van der Waals surface area contributed by atoms with Gasteiger partial charge in [0.25, 0.3) is 0 Å². The van der Waals surface area contributed by atoms with Crippen LogP contribution in [0.3, 0.4) is 0 Å². The smallest absolute Gasteiger partial charge is 0.321 e. The molecule has 24 heavy (non-hydrogen) atoms. The van der Waals surface area contributed by atoms with Gasteiger partial charge in [-0.25, -0.2) is 0 Å². The molecule has 1 aromatic carbocycles. The van der Waals surface area contributed by atoms with Gasteiger partial charge in [0.1, 0.15) is 5.75 Å². The second-order valence-corrected chi connectivity index (χ2v) is 5.63. The fraction of sp³-hybridized carbons (Fsp3) is 0.375. The molecule has 0 saturated carbocycles. The number of hydrogen-bond donors (Lipinski definition) is 1. The van der Waals surface area contributed by atoms with Crippen LogP contribution in [0.15, 0.2) is 33.3 Å². The molecule has 0 fully saturated rings. The Morgan fingerprint density at radius 2 is 1.88 bits per heavy atom. The summed E-state index contributed by atoms with van der Waals surface area (Å²) in [5.74, 6) is 2.72. The fourth-order valence-electron chi connectivity index (χ4n) is 1.97. The van der Waals surface area contributed by atoms with Crippen molar-refractivity contribution in [1.29, 1.82) is 0 Å². The molecule has 3 rings (SSSR count). The topological polar surface area (TPSA) is 99.1 Å². The molecule has 126 valence electrons. The minimum atomic E-state index is 0.240. The first-order valence-electron chi connectivity index (χ1n) is 7.68. The van der Waals surface area contributed by atoms with Crippen LogP contribution in [0, 0.1) is 6.92 Å². The monoisotopic (exact) mass is 329 g/mol. The molecule has 0 radical (unpaired) electrons. The Labute approximate surface area is 139 Å². The van der Waals surface area contributed by atoms with Crippen molar-refractivity contribution < 1.29 is 13.8 Å². The number of anilines is 1. The second kappa shape index (κ2) is 7.12.